The molecule has 2 atom stereocenters. The molecule has 0 spiro atoms. The van der Waals surface area contributed by atoms with Crippen molar-refractivity contribution in [1.29, 1.82) is 0 Å². The molecule has 90 valence electrons. The van der Waals surface area contributed by atoms with Crippen LogP contribution in [0.4, 0.5) is 4.79 Å². The average Bonchev–Trinajstić information content (AvgIpc) is 2.56. The van der Waals surface area contributed by atoms with Crippen LogP contribution < -0.4 is 0 Å². The van der Waals surface area contributed by atoms with Crippen molar-refractivity contribution < 1.29 is 24.6 Å². The van der Waals surface area contributed by atoms with Gasteiger partial charge in [-0.15, -0.1) is 11.8 Å². The summed E-state index contributed by atoms with van der Waals surface area (Å²) < 4.78 is 0. The molecule has 0 radical (unpaired) electrons. The van der Waals surface area contributed by atoms with E-state index in [0.717, 1.165) is 16.7 Å². The summed E-state index contributed by atoms with van der Waals surface area (Å²) in [4.78, 5) is 33.4. The molecule has 2 amide bonds. The molecule has 1 rings (SSSR count). The second-order valence-electron chi connectivity index (χ2n) is 3.58. The van der Waals surface area contributed by atoms with Gasteiger partial charge in [-0.3, -0.25) is 9.59 Å². The lowest BCUT2D eigenvalue weighted by molar-refractivity contribution is -0.134. The molecule has 0 saturated carbocycles. The first-order valence-electron chi connectivity index (χ1n) is 4.81. The second-order valence-corrected chi connectivity index (χ2v) is 4.94. The highest BCUT2D eigenvalue weighted by molar-refractivity contribution is 8.00. The second kappa shape index (κ2) is 5.20. The summed E-state index contributed by atoms with van der Waals surface area (Å²) in [5.41, 5.74) is 0. The normalized spacial score (nSPS) is 22.2. The number of rotatable bonds is 4. The van der Waals surface area contributed by atoms with Crippen molar-refractivity contribution in [3.63, 3.8) is 0 Å². The van der Waals surface area contributed by atoms with E-state index >= 15 is 0 Å². The van der Waals surface area contributed by atoms with Gasteiger partial charge in [0.1, 0.15) is 0 Å². The Morgan fingerprint density at radius 2 is 2.19 bits per heavy atom. The maximum absolute atomic E-state index is 11.6. The van der Waals surface area contributed by atoms with Crippen LogP contribution >= 0.6 is 11.8 Å². The summed E-state index contributed by atoms with van der Waals surface area (Å²) in [5, 5.41) is 17.0. The molecular formula is C9H13NO5S. The number of hydrogen-bond donors (Lipinski definition) is 2. The van der Waals surface area contributed by atoms with E-state index in [4.69, 9.17) is 10.2 Å². The molecule has 0 aliphatic carbocycles. The van der Waals surface area contributed by atoms with E-state index in [1.165, 1.54) is 0 Å². The summed E-state index contributed by atoms with van der Waals surface area (Å²) in [5.74, 6) is -1.81. The van der Waals surface area contributed by atoms with E-state index in [2.05, 4.69) is 0 Å². The summed E-state index contributed by atoms with van der Waals surface area (Å²) in [6.07, 6.45) is -0.762. The molecule has 2 unspecified atom stereocenters. The van der Waals surface area contributed by atoms with Crippen LogP contribution in [0.3, 0.4) is 0 Å². The van der Waals surface area contributed by atoms with Gasteiger partial charge in [0.05, 0.1) is 11.7 Å². The molecule has 0 aromatic carbocycles. The van der Waals surface area contributed by atoms with E-state index in [1.807, 2.05) is 0 Å². The fourth-order valence-electron chi connectivity index (χ4n) is 1.65. The molecule has 1 heterocycles. The van der Waals surface area contributed by atoms with Crippen LogP contribution in [0.5, 0.6) is 0 Å². The van der Waals surface area contributed by atoms with Crippen LogP contribution in [0.2, 0.25) is 0 Å². The third-order valence-corrected chi connectivity index (χ3v) is 3.78. The highest BCUT2D eigenvalue weighted by Crippen LogP contribution is 2.28. The van der Waals surface area contributed by atoms with Crippen molar-refractivity contribution in [3.05, 3.63) is 0 Å². The molecule has 1 aliphatic heterocycles. The number of thioether (sulfide) groups is 1. The topological polar surface area (TPSA) is 94.9 Å². The molecule has 0 aromatic rings. The molecule has 0 bridgehead atoms. The van der Waals surface area contributed by atoms with Crippen molar-refractivity contribution in [2.75, 3.05) is 12.3 Å². The smallest absolute Gasteiger partial charge is 0.414 e. The van der Waals surface area contributed by atoms with Crippen molar-refractivity contribution in [1.82, 2.24) is 4.90 Å². The van der Waals surface area contributed by atoms with E-state index in [1.54, 1.807) is 6.92 Å². The standard InChI is InChI=1S/C9H13NO5S/c1-5(16-4-7(11)12)6-2-3-10(8(6)13)9(14)15/h5-6H,2-4H2,1H3,(H,11,12)(H,14,15). The molecular weight excluding hydrogens is 234 g/mol. The Hall–Kier alpha value is -1.24. The van der Waals surface area contributed by atoms with Crippen LogP contribution in [0.15, 0.2) is 0 Å². The van der Waals surface area contributed by atoms with E-state index in [-0.39, 0.29) is 23.5 Å². The van der Waals surface area contributed by atoms with Crippen LogP contribution in [0, 0.1) is 5.92 Å². The zero-order valence-electron chi connectivity index (χ0n) is 8.75. The van der Waals surface area contributed by atoms with Crippen LogP contribution in [-0.2, 0) is 9.59 Å². The molecule has 1 aliphatic rings. The summed E-state index contributed by atoms with van der Waals surface area (Å²) in [6, 6.07) is 0. The van der Waals surface area contributed by atoms with E-state index in [0.29, 0.717) is 6.42 Å². The number of hydrogen-bond acceptors (Lipinski definition) is 4. The van der Waals surface area contributed by atoms with Crippen molar-refractivity contribution >= 4 is 29.7 Å². The fourth-order valence-corrected chi connectivity index (χ4v) is 2.54. The average molecular weight is 247 g/mol. The number of carboxylic acids is 1. The van der Waals surface area contributed by atoms with Gasteiger partial charge in [-0.05, 0) is 6.42 Å². The van der Waals surface area contributed by atoms with Gasteiger partial charge in [0.2, 0.25) is 5.91 Å². The maximum atomic E-state index is 11.6. The summed E-state index contributed by atoms with van der Waals surface area (Å²) in [7, 11) is 0. The number of amides is 2. The predicted molar refractivity (Wildman–Crippen MR) is 57.4 cm³/mol. The Labute approximate surface area is 96.6 Å². The molecule has 1 saturated heterocycles. The van der Waals surface area contributed by atoms with E-state index in [9.17, 15) is 14.4 Å². The number of aliphatic carboxylic acids is 1. The zero-order valence-corrected chi connectivity index (χ0v) is 9.57. The third kappa shape index (κ3) is 2.88. The fraction of sp³-hybridized carbons (Fsp3) is 0.667. The van der Waals surface area contributed by atoms with Gasteiger partial charge in [-0.25, -0.2) is 9.69 Å². The number of nitrogens with zero attached hydrogens (tertiary/aromatic N) is 1. The van der Waals surface area contributed by atoms with Gasteiger partial charge < -0.3 is 10.2 Å². The van der Waals surface area contributed by atoms with Crippen LogP contribution in [-0.4, -0.2) is 50.6 Å². The molecule has 6 nitrogen and oxygen atoms in total. The summed E-state index contributed by atoms with van der Waals surface area (Å²) >= 11 is 1.16. The maximum Gasteiger partial charge on any atom is 0.414 e. The molecule has 7 heteroatoms. The number of carbonyl (C=O) groups excluding carboxylic acids is 1. The SMILES string of the molecule is CC(SCC(=O)O)C1CCN(C(=O)O)C1=O. The highest BCUT2D eigenvalue weighted by Gasteiger charge is 2.38. The van der Waals surface area contributed by atoms with E-state index < -0.39 is 18.0 Å². The monoisotopic (exact) mass is 247 g/mol. The van der Waals surface area contributed by atoms with Gasteiger partial charge in [0.25, 0.3) is 0 Å². The molecule has 0 aromatic heterocycles. The Morgan fingerprint density at radius 1 is 1.56 bits per heavy atom. The minimum atomic E-state index is -1.23. The Bertz CT molecular complexity index is 319. The van der Waals surface area contributed by atoms with Crippen LogP contribution in [0.25, 0.3) is 0 Å². The molecule has 2 N–H and O–H groups in total. The summed E-state index contributed by atoms with van der Waals surface area (Å²) in [6.45, 7) is 1.96. The number of carboxylic acid groups (broad SMARTS) is 2. The number of likely N-dealkylation sites (tertiary alicyclic amines) is 1. The van der Waals surface area contributed by atoms with Gasteiger partial charge in [-0.2, -0.15) is 0 Å². The van der Waals surface area contributed by atoms with Crippen LogP contribution in [0.1, 0.15) is 13.3 Å². The largest absolute Gasteiger partial charge is 0.481 e. The van der Waals surface area contributed by atoms with Crippen molar-refractivity contribution in [3.8, 4) is 0 Å². The Morgan fingerprint density at radius 3 is 2.62 bits per heavy atom. The lowest BCUT2D eigenvalue weighted by Gasteiger charge is -2.16. The third-order valence-electron chi connectivity index (χ3n) is 2.51. The van der Waals surface area contributed by atoms with Crippen molar-refractivity contribution in [2.45, 2.75) is 18.6 Å². The lowest BCUT2D eigenvalue weighted by Crippen LogP contribution is -2.34. The minimum Gasteiger partial charge on any atom is -0.481 e. The van der Waals surface area contributed by atoms with Gasteiger partial charge in [0, 0.05) is 11.8 Å². The molecule has 16 heavy (non-hydrogen) atoms. The zero-order chi connectivity index (χ0) is 12.3. The van der Waals surface area contributed by atoms with Gasteiger partial charge in [0.15, 0.2) is 0 Å². The van der Waals surface area contributed by atoms with Gasteiger partial charge in [-0.1, -0.05) is 6.92 Å². The first-order valence-corrected chi connectivity index (χ1v) is 5.86. The first kappa shape index (κ1) is 12.8. The number of carbonyl (C=O) groups is 3. The highest BCUT2D eigenvalue weighted by atomic mass is 32.2. The lowest BCUT2D eigenvalue weighted by atomic mass is 10.1. The minimum absolute atomic E-state index is 0.0714. The predicted octanol–water partition coefficient (Wildman–Crippen LogP) is 0.719. The molecule has 1 fully saturated rings. The number of imide groups is 1. The Balaban J connectivity index is 2.53. The van der Waals surface area contributed by atoms with Gasteiger partial charge >= 0.3 is 12.1 Å². The quantitative estimate of drug-likeness (QED) is 0.760. The first-order chi connectivity index (χ1) is 7.43. The van der Waals surface area contributed by atoms with Crippen molar-refractivity contribution in [2.24, 2.45) is 5.92 Å². The Kier molecular flexibility index (Phi) is 4.17.